The summed E-state index contributed by atoms with van der Waals surface area (Å²) in [6, 6.07) is 9.44. The van der Waals surface area contributed by atoms with E-state index in [1.807, 2.05) is 24.3 Å². The molecule has 0 saturated heterocycles. The third-order valence-electron chi connectivity index (χ3n) is 2.52. The highest BCUT2D eigenvalue weighted by atomic mass is 19.1. The lowest BCUT2D eigenvalue weighted by Crippen LogP contribution is -2.16. The van der Waals surface area contributed by atoms with E-state index in [0.29, 0.717) is 12.2 Å². The van der Waals surface area contributed by atoms with E-state index in [1.165, 1.54) is 0 Å². The Bertz CT molecular complexity index is 511. The van der Waals surface area contributed by atoms with Crippen LogP contribution < -0.4 is 5.73 Å². The molecule has 0 bridgehead atoms. The Morgan fingerprint density at radius 2 is 2.06 bits per heavy atom. The molecule has 0 aliphatic carbocycles. The zero-order chi connectivity index (χ0) is 12.5. The Kier molecular flexibility index (Phi) is 2.88. The molecule has 1 aromatic carbocycles. The molecule has 1 heterocycles. The molecule has 0 aliphatic rings. The normalized spacial score (nSPS) is 11.7. The van der Waals surface area contributed by atoms with Gasteiger partial charge in [-0.1, -0.05) is 24.3 Å². The smallest absolute Gasteiger partial charge is 0.145 e. The summed E-state index contributed by atoms with van der Waals surface area (Å²) in [4.78, 5) is 0. The first-order chi connectivity index (χ1) is 7.96. The topological polar surface area (TPSA) is 54.7 Å². The summed E-state index contributed by atoms with van der Waals surface area (Å²) in [6.07, 6.45) is 0.363. The van der Waals surface area contributed by atoms with E-state index in [9.17, 15) is 4.39 Å². The van der Waals surface area contributed by atoms with Crippen molar-refractivity contribution in [2.75, 3.05) is 5.73 Å². The van der Waals surface area contributed by atoms with Crippen molar-refractivity contribution in [1.82, 2.24) is 10.2 Å². The minimum absolute atomic E-state index is 0.363. The molecule has 1 aromatic heterocycles. The molecule has 0 unspecified atom stereocenters. The van der Waals surface area contributed by atoms with Crippen molar-refractivity contribution in [2.45, 2.75) is 25.9 Å². The first-order valence-electron chi connectivity index (χ1n) is 5.54. The third-order valence-corrected chi connectivity index (χ3v) is 2.52. The lowest BCUT2D eigenvalue weighted by Gasteiger charge is -2.16. The molecule has 2 rings (SSSR count). The van der Waals surface area contributed by atoms with Gasteiger partial charge >= 0.3 is 0 Å². The number of halogens is 1. The zero-order valence-electron chi connectivity index (χ0n) is 10.00. The van der Waals surface area contributed by atoms with Gasteiger partial charge in [-0.3, -0.25) is 5.10 Å². The minimum Gasteiger partial charge on any atom is -0.382 e. The highest BCUT2D eigenvalue weighted by molar-refractivity contribution is 5.66. The lowest BCUT2D eigenvalue weighted by atomic mass is 9.95. The number of nitrogens with one attached hydrogen (secondary N) is 1. The van der Waals surface area contributed by atoms with E-state index in [1.54, 1.807) is 19.9 Å². The molecular formula is C13H16FN3. The molecule has 90 valence electrons. The SMILES string of the molecule is CC(C)(F)Cc1ccccc1-c1cc(N)n[nH]1. The number of hydrogen-bond acceptors (Lipinski definition) is 2. The summed E-state index contributed by atoms with van der Waals surface area (Å²) in [7, 11) is 0. The number of H-pyrrole nitrogens is 1. The van der Waals surface area contributed by atoms with Gasteiger partial charge in [-0.25, -0.2) is 4.39 Å². The molecule has 0 aliphatic heterocycles. The summed E-state index contributed by atoms with van der Waals surface area (Å²) in [5.41, 5.74) is 7.06. The molecule has 0 atom stereocenters. The maximum Gasteiger partial charge on any atom is 0.145 e. The van der Waals surface area contributed by atoms with Gasteiger partial charge in [0.1, 0.15) is 11.5 Å². The van der Waals surface area contributed by atoms with Crippen molar-refractivity contribution in [1.29, 1.82) is 0 Å². The summed E-state index contributed by atoms with van der Waals surface area (Å²) in [6.45, 7) is 3.15. The number of nitrogens with zero attached hydrogens (tertiary/aromatic N) is 1. The highest BCUT2D eigenvalue weighted by Gasteiger charge is 2.19. The molecule has 0 saturated carbocycles. The van der Waals surface area contributed by atoms with Crippen molar-refractivity contribution in [3.05, 3.63) is 35.9 Å². The van der Waals surface area contributed by atoms with Gasteiger partial charge in [-0.05, 0) is 19.4 Å². The number of nitrogen functional groups attached to an aromatic ring is 1. The van der Waals surface area contributed by atoms with E-state index < -0.39 is 5.67 Å². The number of nitrogens with two attached hydrogens (primary N) is 1. The second-order valence-electron chi connectivity index (χ2n) is 4.76. The van der Waals surface area contributed by atoms with Crippen LogP contribution in [0.3, 0.4) is 0 Å². The van der Waals surface area contributed by atoms with Crippen LogP contribution in [-0.2, 0) is 6.42 Å². The number of benzene rings is 1. The molecule has 2 aromatic rings. The van der Waals surface area contributed by atoms with Crippen LogP contribution in [0.25, 0.3) is 11.3 Å². The number of aromatic amines is 1. The largest absolute Gasteiger partial charge is 0.382 e. The monoisotopic (exact) mass is 233 g/mol. The molecule has 4 heteroatoms. The van der Waals surface area contributed by atoms with Crippen molar-refractivity contribution >= 4 is 5.82 Å². The molecule has 17 heavy (non-hydrogen) atoms. The maximum atomic E-state index is 13.7. The van der Waals surface area contributed by atoms with Crippen LogP contribution in [0.15, 0.2) is 30.3 Å². The fourth-order valence-corrected chi connectivity index (χ4v) is 1.87. The summed E-state index contributed by atoms with van der Waals surface area (Å²) >= 11 is 0. The maximum absolute atomic E-state index is 13.7. The number of rotatable bonds is 3. The molecule has 0 amide bonds. The van der Waals surface area contributed by atoms with E-state index in [-0.39, 0.29) is 0 Å². The Labute approximate surface area is 99.9 Å². The van der Waals surface area contributed by atoms with Gasteiger partial charge in [0.05, 0.1) is 5.69 Å². The Balaban J connectivity index is 2.41. The summed E-state index contributed by atoms with van der Waals surface area (Å²) in [5.74, 6) is 0.439. The number of anilines is 1. The van der Waals surface area contributed by atoms with Crippen LogP contribution in [0.5, 0.6) is 0 Å². The first kappa shape index (κ1) is 11.6. The predicted octanol–water partition coefficient (Wildman–Crippen LogP) is 2.95. The molecule has 3 nitrogen and oxygen atoms in total. The molecule has 3 N–H and O–H groups in total. The highest BCUT2D eigenvalue weighted by Crippen LogP contribution is 2.27. The molecule has 0 fully saturated rings. The fraction of sp³-hybridized carbons (Fsp3) is 0.308. The van der Waals surface area contributed by atoms with Crippen LogP contribution in [0.4, 0.5) is 10.2 Å². The van der Waals surface area contributed by atoms with Gasteiger partial charge in [0.25, 0.3) is 0 Å². The molecule has 0 radical (unpaired) electrons. The molecule has 0 spiro atoms. The average Bonchev–Trinajstić information content (AvgIpc) is 2.63. The van der Waals surface area contributed by atoms with Gasteiger partial charge in [-0.15, -0.1) is 0 Å². The van der Waals surface area contributed by atoms with Crippen LogP contribution >= 0.6 is 0 Å². The van der Waals surface area contributed by atoms with Gasteiger partial charge in [0, 0.05) is 18.1 Å². The first-order valence-corrected chi connectivity index (χ1v) is 5.54. The number of alkyl halides is 1. The van der Waals surface area contributed by atoms with Gasteiger partial charge < -0.3 is 5.73 Å². The summed E-state index contributed by atoms with van der Waals surface area (Å²) < 4.78 is 13.7. The second-order valence-corrected chi connectivity index (χ2v) is 4.76. The summed E-state index contributed by atoms with van der Waals surface area (Å²) in [5, 5.41) is 6.74. The standard InChI is InChI=1S/C13H16FN3/c1-13(2,14)8-9-5-3-4-6-10(9)11-7-12(15)17-16-11/h3-7H,8H2,1-2H3,(H3,15,16,17). The van der Waals surface area contributed by atoms with Crippen molar-refractivity contribution < 1.29 is 4.39 Å². The zero-order valence-corrected chi connectivity index (χ0v) is 10.00. The van der Waals surface area contributed by atoms with Crippen molar-refractivity contribution in [3.63, 3.8) is 0 Å². The number of aromatic nitrogens is 2. The third kappa shape index (κ3) is 2.84. The van der Waals surface area contributed by atoms with Crippen LogP contribution in [-0.4, -0.2) is 15.9 Å². The lowest BCUT2D eigenvalue weighted by molar-refractivity contribution is 0.217. The predicted molar refractivity (Wildman–Crippen MR) is 67.3 cm³/mol. The Hall–Kier alpha value is -1.84. The van der Waals surface area contributed by atoms with Crippen LogP contribution in [0.2, 0.25) is 0 Å². The van der Waals surface area contributed by atoms with Crippen molar-refractivity contribution in [2.24, 2.45) is 0 Å². The van der Waals surface area contributed by atoms with Gasteiger partial charge in [0.15, 0.2) is 0 Å². The van der Waals surface area contributed by atoms with Crippen LogP contribution in [0.1, 0.15) is 19.4 Å². The van der Waals surface area contributed by atoms with E-state index >= 15 is 0 Å². The Morgan fingerprint density at radius 1 is 1.35 bits per heavy atom. The quantitative estimate of drug-likeness (QED) is 0.856. The van der Waals surface area contributed by atoms with Gasteiger partial charge in [0.2, 0.25) is 0 Å². The minimum atomic E-state index is -1.23. The van der Waals surface area contributed by atoms with E-state index in [4.69, 9.17) is 5.73 Å². The number of hydrogen-bond donors (Lipinski definition) is 2. The van der Waals surface area contributed by atoms with Crippen molar-refractivity contribution in [3.8, 4) is 11.3 Å². The van der Waals surface area contributed by atoms with E-state index in [2.05, 4.69) is 10.2 Å². The van der Waals surface area contributed by atoms with Gasteiger partial charge in [-0.2, -0.15) is 5.10 Å². The average molecular weight is 233 g/mol. The molecular weight excluding hydrogens is 217 g/mol. The van der Waals surface area contributed by atoms with E-state index in [0.717, 1.165) is 16.8 Å². The fourth-order valence-electron chi connectivity index (χ4n) is 1.87. The Morgan fingerprint density at radius 3 is 2.65 bits per heavy atom. The van der Waals surface area contributed by atoms with Crippen LogP contribution in [0, 0.1) is 0 Å². The second kappa shape index (κ2) is 4.20.